The van der Waals surface area contributed by atoms with E-state index in [1.807, 2.05) is 58.0 Å². The van der Waals surface area contributed by atoms with Gasteiger partial charge in [0.05, 0.1) is 24.7 Å². The van der Waals surface area contributed by atoms with Gasteiger partial charge in [-0.3, -0.25) is 19.2 Å². The number of nitrogens with one attached hydrogen (secondary N) is 3. The second-order valence-corrected chi connectivity index (χ2v) is 15.0. The molecule has 49 heavy (non-hydrogen) atoms. The van der Waals surface area contributed by atoms with Gasteiger partial charge in [0.15, 0.2) is 0 Å². The lowest BCUT2D eigenvalue weighted by atomic mass is 10.0. The van der Waals surface area contributed by atoms with Gasteiger partial charge in [0, 0.05) is 29.2 Å². The van der Waals surface area contributed by atoms with Crippen molar-refractivity contribution in [2.24, 2.45) is 17.6 Å². The molecular formula is C33H41ClN8O4S3. The Hall–Kier alpha value is -3.76. The van der Waals surface area contributed by atoms with E-state index in [9.17, 15) is 19.2 Å². The summed E-state index contributed by atoms with van der Waals surface area (Å²) in [5, 5.41) is 15.8. The summed E-state index contributed by atoms with van der Waals surface area (Å²) in [6, 6.07) is 8.38. The molecule has 0 aliphatic carbocycles. The summed E-state index contributed by atoms with van der Waals surface area (Å²) in [4.78, 5) is 69.0. The minimum absolute atomic E-state index is 0. The van der Waals surface area contributed by atoms with E-state index in [1.165, 1.54) is 38.9 Å². The highest BCUT2D eigenvalue weighted by Crippen LogP contribution is 2.28. The Bertz CT molecular complexity index is 1740. The molecule has 1 aromatic carbocycles. The lowest BCUT2D eigenvalue weighted by molar-refractivity contribution is -0.122. The number of thiazole rings is 3. The predicted octanol–water partition coefficient (Wildman–Crippen LogP) is 4.94. The van der Waals surface area contributed by atoms with Crippen molar-refractivity contribution in [3.05, 3.63) is 84.1 Å². The summed E-state index contributed by atoms with van der Waals surface area (Å²) in [6.07, 6.45) is 0.818. The van der Waals surface area contributed by atoms with Crippen LogP contribution in [0.4, 0.5) is 0 Å². The number of hydrogen-bond acceptors (Lipinski definition) is 11. The number of amides is 4. The van der Waals surface area contributed by atoms with Crippen LogP contribution in [0.5, 0.6) is 0 Å². The molecule has 16 heteroatoms. The van der Waals surface area contributed by atoms with Crippen LogP contribution in [0.3, 0.4) is 0 Å². The zero-order chi connectivity index (χ0) is 34.4. The Morgan fingerprint density at radius 2 is 1.59 bits per heavy atom. The van der Waals surface area contributed by atoms with E-state index in [2.05, 4.69) is 30.9 Å². The van der Waals surface area contributed by atoms with Gasteiger partial charge in [-0.05, 0) is 30.2 Å². The van der Waals surface area contributed by atoms with E-state index in [0.29, 0.717) is 27.9 Å². The number of benzene rings is 1. The van der Waals surface area contributed by atoms with Crippen LogP contribution in [-0.2, 0) is 11.2 Å². The van der Waals surface area contributed by atoms with E-state index in [-0.39, 0.29) is 78.8 Å². The zero-order valence-electron chi connectivity index (χ0n) is 27.7. The third-order valence-corrected chi connectivity index (χ3v) is 10.7. The van der Waals surface area contributed by atoms with E-state index in [4.69, 9.17) is 5.73 Å². The molecule has 0 saturated heterocycles. The molecule has 5 N–H and O–H groups in total. The number of hydrogen-bond donors (Lipinski definition) is 4. The molecule has 3 atom stereocenters. The van der Waals surface area contributed by atoms with Crippen LogP contribution >= 0.6 is 46.4 Å². The number of halogens is 1. The number of carbonyl (C=O) groups is 4. The van der Waals surface area contributed by atoms with Crippen molar-refractivity contribution in [3.63, 3.8) is 0 Å². The predicted molar refractivity (Wildman–Crippen MR) is 194 cm³/mol. The Kier molecular flexibility index (Phi) is 13.4. The maximum atomic E-state index is 13.8. The van der Waals surface area contributed by atoms with E-state index < -0.39 is 23.9 Å². The smallest absolute Gasteiger partial charge is 0.273 e. The molecule has 1 aliphatic heterocycles. The van der Waals surface area contributed by atoms with Crippen LogP contribution in [0.1, 0.15) is 104 Å². The average Bonchev–Trinajstić information content (AvgIpc) is 3.85. The first-order chi connectivity index (χ1) is 23.0. The number of rotatable bonds is 6. The summed E-state index contributed by atoms with van der Waals surface area (Å²) in [5.41, 5.74) is 7.94. The van der Waals surface area contributed by atoms with Gasteiger partial charge >= 0.3 is 0 Å². The van der Waals surface area contributed by atoms with Gasteiger partial charge in [-0.25, -0.2) is 15.0 Å². The first-order valence-electron chi connectivity index (χ1n) is 15.8. The minimum Gasteiger partial charge on any atom is -0.351 e. The van der Waals surface area contributed by atoms with Crippen LogP contribution in [-0.4, -0.2) is 63.1 Å². The molecule has 0 fully saturated rings. The van der Waals surface area contributed by atoms with Crippen LogP contribution in [0.15, 0.2) is 46.5 Å². The molecule has 0 unspecified atom stereocenters. The second kappa shape index (κ2) is 17.3. The molecular weight excluding hydrogens is 704 g/mol. The molecule has 4 bridgehead atoms. The van der Waals surface area contributed by atoms with Gasteiger partial charge in [-0.1, -0.05) is 58.0 Å². The van der Waals surface area contributed by atoms with Crippen molar-refractivity contribution in [2.45, 2.75) is 58.7 Å². The van der Waals surface area contributed by atoms with Gasteiger partial charge in [0.25, 0.3) is 17.7 Å². The molecule has 1 aliphatic rings. The van der Waals surface area contributed by atoms with Crippen LogP contribution in [0.2, 0.25) is 0 Å². The standard InChI is InChI=1S/C33H40N8O4S3.ClH/c1-18(2)26(34)31-39-24(17-47-31)33(45)41-12-8-11-35-28(43)22-15-48-32(38-22)27(19(3)4)40-29(44)23-16-46-30(37-23)21(36-25(42)14-41)13-20-9-6-5-7-10-20;/h5-7,9-10,15-19,21,26-27H,8,11-14,34H2,1-4H3,(H,35,43)(H,36,42)(H,40,44);1H/t21-,26-,27-;/m0./s1. The Labute approximate surface area is 303 Å². The van der Waals surface area contributed by atoms with Crippen molar-refractivity contribution in [1.29, 1.82) is 0 Å². The van der Waals surface area contributed by atoms with Gasteiger partial charge < -0.3 is 26.6 Å². The number of aromatic nitrogens is 3. The third-order valence-electron chi connectivity index (χ3n) is 7.90. The van der Waals surface area contributed by atoms with Crippen molar-refractivity contribution in [1.82, 2.24) is 35.8 Å². The fraction of sp³-hybridized carbons (Fsp3) is 0.424. The molecule has 0 radical (unpaired) electrons. The van der Waals surface area contributed by atoms with Crippen molar-refractivity contribution in [2.75, 3.05) is 19.6 Å². The van der Waals surface area contributed by atoms with E-state index >= 15 is 0 Å². The van der Waals surface area contributed by atoms with Gasteiger partial charge in [-0.15, -0.1) is 46.4 Å². The average molecular weight is 745 g/mol. The molecule has 0 spiro atoms. The summed E-state index contributed by atoms with van der Waals surface area (Å²) in [7, 11) is 0. The first kappa shape index (κ1) is 38.0. The normalized spacial score (nSPS) is 18.4. The highest BCUT2D eigenvalue weighted by atomic mass is 35.5. The Morgan fingerprint density at radius 3 is 2.29 bits per heavy atom. The SMILES string of the molecule is CC(C)[C@H](N)c1nc(C(=O)N2CCCNC(=O)c3csc(n3)[C@H](C(C)C)NC(=O)c3csc(n3)[C@H](Cc3ccccc3)NC(=O)C2)cs1.Cl. The first-order valence-corrected chi connectivity index (χ1v) is 18.5. The van der Waals surface area contributed by atoms with Crippen LogP contribution < -0.4 is 21.7 Å². The molecule has 4 heterocycles. The van der Waals surface area contributed by atoms with Crippen molar-refractivity contribution >= 4 is 70.0 Å². The number of nitrogens with zero attached hydrogens (tertiary/aromatic N) is 4. The number of fused-ring (bicyclic) bond motifs is 4. The second-order valence-electron chi connectivity index (χ2n) is 12.3. The van der Waals surface area contributed by atoms with Crippen LogP contribution in [0.25, 0.3) is 0 Å². The number of nitrogens with two attached hydrogens (primary N) is 1. The van der Waals surface area contributed by atoms with E-state index in [1.54, 1.807) is 16.1 Å². The summed E-state index contributed by atoms with van der Waals surface area (Å²) in [6.45, 7) is 8.11. The molecule has 4 amide bonds. The zero-order valence-corrected chi connectivity index (χ0v) is 30.9. The third kappa shape index (κ3) is 9.69. The van der Waals surface area contributed by atoms with E-state index in [0.717, 1.165) is 5.56 Å². The maximum Gasteiger partial charge on any atom is 0.273 e. The largest absolute Gasteiger partial charge is 0.351 e. The van der Waals surface area contributed by atoms with Gasteiger partial charge in [0.2, 0.25) is 5.91 Å². The Balaban J connectivity index is 0.00000541. The summed E-state index contributed by atoms with van der Waals surface area (Å²) in [5.74, 6) is -1.41. The lowest BCUT2D eigenvalue weighted by Gasteiger charge is -2.24. The summed E-state index contributed by atoms with van der Waals surface area (Å²) < 4.78 is 0. The fourth-order valence-electron chi connectivity index (χ4n) is 5.08. The topological polar surface area (TPSA) is 172 Å². The summed E-state index contributed by atoms with van der Waals surface area (Å²) >= 11 is 3.91. The maximum absolute atomic E-state index is 13.8. The number of carbonyl (C=O) groups excluding carboxylic acids is 4. The highest BCUT2D eigenvalue weighted by Gasteiger charge is 2.28. The van der Waals surface area contributed by atoms with Gasteiger partial charge in [-0.2, -0.15) is 0 Å². The van der Waals surface area contributed by atoms with Gasteiger partial charge in [0.1, 0.15) is 32.1 Å². The molecule has 12 nitrogen and oxygen atoms in total. The highest BCUT2D eigenvalue weighted by molar-refractivity contribution is 7.10. The molecule has 0 saturated carbocycles. The van der Waals surface area contributed by atoms with Crippen molar-refractivity contribution in [3.8, 4) is 0 Å². The Morgan fingerprint density at radius 1 is 0.918 bits per heavy atom. The van der Waals surface area contributed by atoms with Crippen LogP contribution in [0, 0.1) is 11.8 Å². The molecule has 3 aromatic heterocycles. The monoisotopic (exact) mass is 744 g/mol. The molecule has 262 valence electrons. The molecule has 5 rings (SSSR count). The molecule has 4 aromatic rings. The fourth-order valence-corrected chi connectivity index (χ4v) is 7.92. The minimum atomic E-state index is -0.554. The quantitative estimate of drug-likeness (QED) is 0.215. The van der Waals surface area contributed by atoms with Crippen molar-refractivity contribution < 1.29 is 19.2 Å². The lowest BCUT2D eigenvalue weighted by Crippen LogP contribution is -2.43.